The molecule has 0 saturated carbocycles. The number of carbonyl (C=O) groups is 1. The average molecular weight is 254 g/mol. The first-order chi connectivity index (χ1) is 8.31. The van der Waals surface area contributed by atoms with Gasteiger partial charge in [0, 0.05) is 18.7 Å². The molecular formula is C11H18N4OS. The molecule has 0 aromatic carbocycles. The van der Waals surface area contributed by atoms with Crippen LogP contribution in [0.2, 0.25) is 0 Å². The molecule has 0 radical (unpaired) electrons. The second-order valence-corrected chi connectivity index (χ2v) is 5.40. The van der Waals surface area contributed by atoms with Gasteiger partial charge in [-0.05, 0) is 6.42 Å². The maximum Gasteiger partial charge on any atom is 0.225 e. The third-order valence-electron chi connectivity index (χ3n) is 2.87. The highest BCUT2D eigenvalue weighted by molar-refractivity contribution is 8.00. The first-order valence-electron chi connectivity index (χ1n) is 6.04. The number of hydrogen-bond donors (Lipinski definition) is 0. The van der Waals surface area contributed by atoms with Crippen LogP contribution in [0.3, 0.4) is 0 Å². The Hall–Kier alpha value is -1.04. The first-order valence-corrected chi connectivity index (χ1v) is 7.09. The van der Waals surface area contributed by atoms with Crippen molar-refractivity contribution in [1.29, 1.82) is 0 Å². The van der Waals surface area contributed by atoms with E-state index >= 15 is 0 Å². The van der Waals surface area contributed by atoms with Gasteiger partial charge in [-0.25, -0.2) is 4.98 Å². The lowest BCUT2D eigenvalue weighted by atomic mass is 10.3. The summed E-state index contributed by atoms with van der Waals surface area (Å²) < 4.78 is 1.70. The summed E-state index contributed by atoms with van der Waals surface area (Å²) in [6, 6.07) is 0. The van der Waals surface area contributed by atoms with Crippen LogP contribution in [-0.4, -0.2) is 43.2 Å². The fraction of sp³-hybridized carbons (Fsp3) is 0.727. The van der Waals surface area contributed by atoms with Crippen LogP contribution in [-0.2, 0) is 11.3 Å². The molecule has 6 heteroatoms. The van der Waals surface area contributed by atoms with Gasteiger partial charge < -0.3 is 4.90 Å². The van der Waals surface area contributed by atoms with Crippen molar-refractivity contribution in [2.45, 2.75) is 38.1 Å². The van der Waals surface area contributed by atoms with Crippen LogP contribution in [0.1, 0.15) is 26.2 Å². The van der Waals surface area contributed by atoms with Gasteiger partial charge in [0.2, 0.25) is 5.91 Å². The van der Waals surface area contributed by atoms with Gasteiger partial charge in [0.05, 0.1) is 11.9 Å². The Balaban J connectivity index is 1.82. The molecule has 94 valence electrons. The SMILES string of the molecule is CCC[C@@H]1SCCN1C(=O)CCn1cncn1. The summed E-state index contributed by atoms with van der Waals surface area (Å²) in [5.74, 6) is 1.31. The van der Waals surface area contributed by atoms with Gasteiger partial charge in [0.15, 0.2) is 0 Å². The highest BCUT2D eigenvalue weighted by Gasteiger charge is 2.27. The molecule has 0 aliphatic carbocycles. The number of carbonyl (C=O) groups excluding carboxylic acids is 1. The van der Waals surface area contributed by atoms with E-state index < -0.39 is 0 Å². The molecule has 0 unspecified atom stereocenters. The number of amides is 1. The fourth-order valence-electron chi connectivity index (χ4n) is 1.99. The van der Waals surface area contributed by atoms with Crippen molar-refractivity contribution >= 4 is 17.7 Å². The number of thioether (sulfide) groups is 1. The lowest BCUT2D eigenvalue weighted by Crippen LogP contribution is -2.35. The monoisotopic (exact) mass is 254 g/mol. The summed E-state index contributed by atoms with van der Waals surface area (Å²) in [6.07, 6.45) is 5.89. The van der Waals surface area contributed by atoms with Crippen molar-refractivity contribution in [3.05, 3.63) is 12.7 Å². The van der Waals surface area contributed by atoms with Crippen molar-refractivity contribution in [3.63, 3.8) is 0 Å². The topological polar surface area (TPSA) is 51.0 Å². The number of rotatable bonds is 5. The average Bonchev–Trinajstić information content (AvgIpc) is 2.97. The van der Waals surface area contributed by atoms with Gasteiger partial charge in [-0.2, -0.15) is 5.10 Å². The Kier molecular flexibility index (Phi) is 4.42. The quantitative estimate of drug-likeness (QED) is 0.796. The summed E-state index contributed by atoms with van der Waals surface area (Å²) in [7, 11) is 0. The van der Waals surface area contributed by atoms with E-state index in [0.29, 0.717) is 18.3 Å². The Bertz CT molecular complexity index is 354. The van der Waals surface area contributed by atoms with E-state index in [1.165, 1.54) is 6.33 Å². The molecule has 2 heterocycles. The second kappa shape index (κ2) is 6.05. The molecule has 1 amide bonds. The van der Waals surface area contributed by atoms with Crippen LogP contribution in [0.4, 0.5) is 0 Å². The second-order valence-electron chi connectivity index (χ2n) is 4.11. The van der Waals surface area contributed by atoms with E-state index in [2.05, 4.69) is 17.0 Å². The third kappa shape index (κ3) is 3.21. The lowest BCUT2D eigenvalue weighted by Gasteiger charge is -2.23. The maximum atomic E-state index is 12.1. The molecule has 1 fully saturated rings. The minimum absolute atomic E-state index is 0.240. The van der Waals surface area contributed by atoms with E-state index in [1.807, 2.05) is 16.7 Å². The van der Waals surface area contributed by atoms with Crippen molar-refractivity contribution in [2.24, 2.45) is 0 Å². The molecule has 0 N–H and O–H groups in total. The zero-order chi connectivity index (χ0) is 12.1. The van der Waals surface area contributed by atoms with E-state index in [9.17, 15) is 4.79 Å². The molecule has 1 atom stereocenters. The minimum atomic E-state index is 0.240. The molecule has 5 nitrogen and oxygen atoms in total. The van der Waals surface area contributed by atoms with Crippen molar-refractivity contribution in [3.8, 4) is 0 Å². The molecule has 17 heavy (non-hydrogen) atoms. The van der Waals surface area contributed by atoms with E-state index in [1.54, 1.807) is 11.0 Å². The van der Waals surface area contributed by atoms with Gasteiger partial charge in [-0.15, -0.1) is 11.8 Å². The first kappa shape index (κ1) is 12.4. The Morgan fingerprint density at radius 1 is 1.59 bits per heavy atom. The Labute approximate surface area is 106 Å². The summed E-state index contributed by atoms with van der Waals surface area (Å²) in [5.41, 5.74) is 0. The summed E-state index contributed by atoms with van der Waals surface area (Å²) >= 11 is 1.90. The molecule has 1 aromatic heterocycles. The predicted molar refractivity (Wildman–Crippen MR) is 67.5 cm³/mol. The van der Waals surface area contributed by atoms with Crippen molar-refractivity contribution < 1.29 is 4.79 Å². The predicted octanol–water partition coefficient (Wildman–Crippen LogP) is 1.37. The lowest BCUT2D eigenvalue weighted by molar-refractivity contribution is -0.131. The standard InChI is InChI=1S/C11H18N4OS/c1-2-3-11-15(6-7-17-11)10(16)4-5-14-9-12-8-13-14/h8-9,11H,2-7H2,1H3/t11-/m0/s1. The number of nitrogens with zero attached hydrogens (tertiary/aromatic N) is 4. The maximum absolute atomic E-state index is 12.1. The molecule has 1 aliphatic rings. The molecule has 1 saturated heterocycles. The normalized spacial score (nSPS) is 19.8. The molecule has 0 spiro atoms. The largest absolute Gasteiger partial charge is 0.330 e. The van der Waals surface area contributed by atoms with Crippen LogP contribution < -0.4 is 0 Å². The van der Waals surface area contributed by atoms with Crippen LogP contribution in [0.25, 0.3) is 0 Å². The third-order valence-corrected chi connectivity index (χ3v) is 4.16. The molecular weight excluding hydrogens is 236 g/mol. The molecule has 2 rings (SSSR count). The van der Waals surface area contributed by atoms with Crippen molar-refractivity contribution in [1.82, 2.24) is 19.7 Å². The zero-order valence-electron chi connectivity index (χ0n) is 10.1. The molecule has 1 aromatic rings. The molecule has 0 bridgehead atoms. The summed E-state index contributed by atoms with van der Waals surface area (Å²) in [5, 5.41) is 4.39. The molecule has 1 aliphatic heterocycles. The van der Waals surface area contributed by atoms with Gasteiger partial charge in [-0.1, -0.05) is 13.3 Å². The highest BCUT2D eigenvalue weighted by atomic mass is 32.2. The summed E-state index contributed by atoms with van der Waals surface area (Å²) in [4.78, 5) is 18.0. The smallest absolute Gasteiger partial charge is 0.225 e. The minimum Gasteiger partial charge on any atom is -0.330 e. The summed E-state index contributed by atoms with van der Waals surface area (Å²) in [6.45, 7) is 3.68. The van der Waals surface area contributed by atoms with Crippen LogP contribution in [0.15, 0.2) is 12.7 Å². The van der Waals surface area contributed by atoms with Crippen LogP contribution in [0.5, 0.6) is 0 Å². The van der Waals surface area contributed by atoms with Crippen LogP contribution >= 0.6 is 11.8 Å². The fourth-order valence-corrected chi connectivity index (χ4v) is 3.37. The van der Waals surface area contributed by atoms with Crippen molar-refractivity contribution in [2.75, 3.05) is 12.3 Å². The Morgan fingerprint density at radius 2 is 2.47 bits per heavy atom. The van der Waals surface area contributed by atoms with Crippen LogP contribution in [0, 0.1) is 0 Å². The zero-order valence-corrected chi connectivity index (χ0v) is 10.9. The van der Waals surface area contributed by atoms with Gasteiger partial charge in [-0.3, -0.25) is 9.48 Å². The Morgan fingerprint density at radius 3 is 3.18 bits per heavy atom. The van der Waals surface area contributed by atoms with E-state index in [0.717, 1.165) is 25.1 Å². The number of aromatic nitrogens is 3. The van der Waals surface area contributed by atoms with Gasteiger partial charge in [0.1, 0.15) is 12.7 Å². The number of aryl methyl sites for hydroxylation is 1. The van der Waals surface area contributed by atoms with Gasteiger partial charge in [0.25, 0.3) is 0 Å². The highest BCUT2D eigenvalue weighted by Crippen LogP contribution is 2.27. The van der Waals surface area contributed by atoms with E-state index in [-0.39, 0.29) is 5.91 Å². The van der Waals surface area contributed by atoms with Gasteiger partial charge >= 0.3 is 0 Å². The van der Waals surface area contributed by atoms with E-state index in [4.69, 9.17) is 0 Å². The number of hydrogen-bond acceptors (Lipinski definition) is 4.